The highest BCUT2D eigenvalue weighted by Crippen LogP contribution is 2.26. The minimum absolute atomic E-state index is 0.0851. The highest BCUT2D eigenvalue weighted by molar-refractivity contribution is 5.96. The van der Waals surface area contributed by atoms with Crippen LogP contribution in [0.2, 0.25) is 0 Å². The van der Waals surface area contributed by atoms with Crippen molar-refractivity contribution < 1.29 is 18.8 Å². The summed E-state index contributed by atoms with van der Waals surface area (Å²) < 4.78 is 9.74. The van der Waals surface area contributed by atoms with Crippen molar-refractivity contribution in [3.8, 4) is 0 Å². The summed E-state index contributed by atoms with van der Waals surface area (Å²) in [5.41, 5.74) is 5.95. The quantitative estimate of drug-likeness (QED) is 0.851. The van der Waals surface area contributed by atoms with Crippen LogP contribution >= 0.6 is 0 Å². The van der Waals surface area contributed by atoms with E-state index in [0.717, 1.165) is 31.6 Å². The first kappa shape index (κ1) is 16.3. The van der Waals surface area contributed by atoms with E-state index in [0.29, 0.717) is 5.69 Å². The maximum atomic E-state index is 12.1. The van der Waals surface area contributed by atoms with Gasteiger partial charge in [-0.05, 0) is 38.5 Å². The molecule has 2 rings (SSSR count). The van der Waals surface area contributed by atoms with Crippen molar-refractivity contribution in [3.05, 3.63) is 11.3 Å². The molecule has 0 atom stereocenters. The molecule has 7 nitrogen and oxygen atoms in total. The lowest BCUT2D eigenvalue weighted by atomic mass is 9.87. The molecule has 122 valence electrons. The number of anilines is 1. The molecule has 0 radical (unpaired) electrons. The molecule has 1 heterocycles. The summed E-state index contributed by atoms with van der Waals surface area (Å²) in [5, 5.41) is 3.58. The number of rotatable bonds is 4. The molecule has 0 aromatic carbocycles. The van der Waals surface area contributed by atoms with Crippen LogP contribution in [0.25, 0.3) is 0 Å². The minimum Gasteiger partial charge on any atom is -0.452 e. The van der Waals surface area contributed by atoms with Gasteiger partial charge in [-0.15, -0.1) is 0 Å². The number of nitrogens with two attached hydrogens (primary N) is 1. The summed E-state index contributed by atoms with van der Waals surface area (Å²) in [7, 11) is 1.76. The Labute approximate surface area is 129 Å². The lowest BCUT2D eigenvalue weighted by Gasteiger charge is -2.33. The second-order valence-corrected chi connectivity index (χ2v) is 6.00. The number of nitrogen functional groups attached to an aromatic ring is 1. The zero-order valence-electron chi connectivity index (χ0n) is 13.3. The van der Waals surface area contributed by atoms with Crippen molar-refractivity contribution in [2.24, 2.45) is 5.92 Å². The number of hydrogen-bond donors (Lipinski definition) is 1. The average Bonchev–Trinajstić information content (AvgIpc) is 2.83. The number of nitrogens with zero attached hydrogens (tertiary/aromatic N) is 2. The van der Waals surface area contributed by atoms with Gasteiger partial charge in [-0.1, -0.05) is 12.1 Å². The Bertz CT molecular complexity index is 527. The van der Waals surface area contributed by atoms with E-state index in [4.69, 9.17) is 15.0 Å². The largest absolute Gasteiger partial charge is 0.452 e. The number of likely N-dealkylation sites (N-methyl/N-ethyl adjacent to an activating group) is 1. The van der Waals surface area contributed by atoms with E-state index in [1.807, 2.05) is 0 Å². The molecule has 1 aliphatic carbocycles. The molecule has 1 fully saturated rings. The molecule has 1 saturated carbocycles. The number of carbonyl (C=O) groups excluding carboxylic acids is 2. The highest BCUT2D eigenvalue weighted by Gasteiger charge is 2.26. The molecule has 7 heteroatoms. The van der Waals surface area contributed by atoms with Gasteiger partial charge in [0.15, 0.2) is 6.61 Å². The van der Waals surface area contributed by atoms with Crippen LogP contribution in [0, 0.1) is 12.8 Å². The zero-order valence-corrected chi connectivity index (χ0v) is 13.3. The Kier molecular flexibility index (Phi) is 5.05. The van der Waals surface area contributed by atoms with Crippen LogP contribution in [0.3, 0.4) is 0 Å². The van der Waals surface area contributed by atoms with Crippen molar-refractivity contribution in [2.45, 2.75) is 45.6 Å². The van der Waals surface area contributed by atoms with Crippen LogP contribution in [0.1, 0.15) is 48.7 Å². The average molecular weight is 309 g/mol. The van der Waals surface area contributed by atoms with E-state index in [1.165, 1.54) is 0 Å². The Morgan fingerprint density at radius 3 is 2.55 bits per heavy atom. The maximum Gasteiger partial charge on any atom is 0.346 e. The predicted octanol–water partition coefficient (Wildman–Crippen LogP) is 1.76. The lowest BCUT2D eigenvalue weighted by molar-refractivity contribution is -0.136. The smallest absolute Gasteiger partial charge is 0.346 e. The minimum atomic E-state index is -0.685. The summed E-state index contributed by atoms with van der Waals surface area (Å²) in [5.74, 6) is -0.266. The number of esters is 1. The molecule has 1 aromatic rings. The summed E-state index contributed by atoms with van der Waals surface area (Å²) in [6.07, 6.45) is 4.24. The molecule has 2 N–H and O–H groups in total. The Balaban J connectivity index is 1.86. The fraction of sp³-hybridized carbons (Fsp3) is 0.667. The van der Waals surface area contributed by atoms with Gasteiger partial charge in [0.1, 0.15) is 5.56 Å². The van der Waals surface area contributed by atoms with E-state index in [1.54, 1.807) is 18.9 Å². The van der Waals surface area contributed by atoms with Gasteiger partial charge in [0.05, 0.1) is 5.69 Å². The number of hydrogen-bond acceptors (Lipinski definition) is 6. The summed E-state index contributed by atoms with van der Waals surface area (Å²) in [4.78, 5) is 25.8. The van der Waals surface area contributed by atoms with Crippen molar-refractivity contribution in [3.63, 3.8) is 0 Å². The van der Waals surface area contributed by atoms with Crippen molar-refractivity contribution in [2.75, 3.05) is 19.4 Å². The Morgan fingerprint density at radius 2 is 2.00 bits per heavy atom. The Hall–Kier alpha value is -2.05. The SMILES string of the molecule is Cc1noc(N)c1C(=O)OCC(=O)N(C)C1CCC(C)CC1. The second kappa shape index (κ2) is 6.81. The fourth-order valence-electron chi connectivity index (χ4n) is 2.77. The van der Waals surface area contributed by atoms with Crippen LogP contribution in [-0.2, 0) is 9.53 Å². The van der Waals surface area contributed by atoms with Crippen LogP contribution in [-0.4, -0.2) is 41.6 Å². The Morgan fingerprint density at radius 1 is 1.36 bits per heavy atom. The maximum absolute atomic E-state index is 12.1. The third-order valence-electron chi connectivity index (χ3n) is 4.35. The van der Waals surface area contributed by atoms with Crippen LogP contribution in [0.15, 0.2) is 4.52 Å². The third kappa shape index (κ3) is 3.58. The van der Waals surface area contributed by atoms with Crippen molar-refractivity contribution >= 4 is 17.8 Å². The van der Waals surface area contributed by atoms with Gasteiger partial charge in [-0.2, -0.15) is 0 Å². The molecule has 1 aromatic heterocycles. The molecular formula is C15H23N3O4. The van der Waals surface area contributed by atoms with Crippen LogP contribution in [0.4, 0.5) is 5.88 Å². The van der Waals surface area contributed by atoms with Gasteiger partial charge in [0.2, 0.25) is 5.88 Å². The molecule has 1 aliphatic rings. The zero-order chi connectivity index (χ0) is 16.3. The number of carbonyl (C=O) groups is 2. The summed E-state index contributed by atoms with van der Waals surface area (Å²) in [6, 6.07) is 0.227. The molecule has 1 amide bonds. The second-order valence-electron chi connectivity index (χ2n) is 6.00. The normalized spacial score (nSPS) is 21.4. The fourth-order valence-corrected chi connectivity index (χ4v) is 2.77. The number of aryl methyl sites for hydroxylation is 1. The van der Waals surface area contributed by atoms with Gasteiger partial charge in [-0.25, -0.2) is 4.79 Å². The van der Waals surface area contributed by atoms with E-state index >= 15 is 0 Å². The van der Waals surface area contributed by atoms with Gasteiger partial charge < -0.3 is 19.9 Å². The first-order valence-electron chi connectivity index (χ1n) is 7.54. The lowest BCUT2D eigenvalue weighted by Crippen LogP contribution is -2.41. The standard InChI is InChI=1S/C15H23N3O4/c1-9-4-6-11(7-5-9)18(3)12(19)8-21-15(20)13-10(2)17-22-14(13)16/h9,11H,4-8,16H2,1-3H3. The van der Waals surface area contributed by atoms with Crippen molar-refractivity contribution in [1.82, 2.24) is 10.1 Å². The van der Waals surface area contributed by atoms with Gasteiger partial charge in [-0.3, -0.25) is 4.79 Å². The topological polar surface area (TPSA) is 98.7 Å². The molecule has 0 saturated heterocycles. The first-order chi connectivity index (χ1) is 10.4. The molecule has 22 heavy (non-hydrogen) atoms. The van der Waals surface area contributed by atoms with Crippen molar-refractivity contribution in [1.29, 1.82) is 0 Å². The summed E-state index contributed by atoms with van der Waals surface area (Å²) in [6.45, 7) is 3.52. The van der Waals surface area contributed by atoms with E-state index < -0.39 is 5.97 Å². The molecule has 0 spiro atoms. The van der Waals surface area contributed by atoms with Crippen LogP contribution in [0.5, 0.6) is 0 Å². The predicted molar refractivity (Wildman–Crippen MR) is 80.1 cm³/mol. The van der Waals surface area contributed by atoms with E-state index in [9.17, 15) is 9.59 Å². The number of ether oxygens (including phenoxy) is 1. The molecular weight excluding hydrogens is 286 g/mol. The van der Waals surface area contributed by atoms with Crippen LogP contribution < -0.4 is 5.73 Å². The monoisotopic (exact) mass is 309 g/mol. The molecule has 0 bridgehead atoms. The number of amides is 1. The first-order valence-corrected chi connectivity index (χ1v) is 7.54. The summed E-state index contributed by atoms with van der Waals surface area (Å²) >= 11 is 0. The third-order valence-corrected chi connectivity index (χ3v) is 4.35. The van der Waals surface area contributed by atoms with E-state index in [-0.39, 0.29) is 30.0 Å². The molecule has 0 aliphatic heterocycles. The van der Waals surface area contributed by atoms with E-state index in [2.05, 4.69) is 12.1 Å². The van der Waals surface area contributed by atoms with Gasteiger partial charge >= 0.3 is 5.97 Å². The highest BCUT2D eigenvalue weighted by atomic mass is 16.5. The number of aromatic nitrogens is 1. The van der Waals surface area contributed by atoms with Gasteiger partial charge in [0, 0.05) is 13.1 Å². The van der Waals surface area contributed by atoms with Gasteiger partial charge in [0.25, 0.3) is 5.91 Å². The molecule has 0 unspecified atom stereocenters.